The zero-order valence-electron chi connectivity index (χ0n) is 6.98. The Bertz CT molecular complexity index is 211. The molecule has 0 fully saturated rings. The summed E-state index contributed by atoms with van der Waals surface area (Å²) in [6.45, 7) is 0. The number of rotatable bonds is 4. The van der Waals surface area contributed by atoms with Crippen molar-refractivity contribution in [2.45, 2.75) is 18.9 Å². The predicted octanol–water partition coefficient (Wildman–Crippen LogP) is 0.824. The number of aryl methyl sites for hydroxylation is 1. The monoisotopic (exact) mass is 182 g/mol. The second-order valence-corrected chi connectivity index (χ2v) is 4.40. The van der Waals surface area contributed by atoms with Crippen LogP contribution >= 0.6 is 0 Å². The van der Waals surface area contributed by atoms with Gasteiger partial charge in [-0.3, -0.25) is 0 Å². The van der Waals surface area contributed by atoms with Gasteiger partial charge in [0, 0.05) is 0 Å². The van der Waals surface area contributed by atoms with E-state index in [4.69, 9.17) is 9.59 Å². The Hall–Kier alpha value is -0.643. The summed E-state index contributed by atoms with van der Waals surface area (Å²) in [5.41, 5.74) is 1.27. The Morgan fingerprint density at radius 2 is 1.75 bits per heavy atom. The third-order valence-corrected chi connectivity index (χ3v) is 2.70. The number of hydrogen-bond acceptors (Lipinski definition) is 2. The zero-order valence-corrected chi connectivity index (χ0v) is 8.13. The molecule has 0 heterocycles. The van der Waals surface area contributed by atoms with Crippen molar-refractivity contribution in [2.24, 2.45) is 0 Å². The lowest BCUT2D eigenvalue weighted by Gasteiger charge is -2.00. The van der Waals surface area contributed by atoms with Crippen molar-refractivity contribution in [1.29, 1.82) is 0 Å². The molecule has 1 aromatic rings. The Balaban J connectivity index is 2.25. The molecule has 0 saturated heterocycles. The number of hydrogen-bond donors (Lipinski definition) is 2. The van der Waals surface area contributed by atoms with Crippen molar-refractivity contribution in [3.63, 3.8) is 0 Å². The normalized spacial score (nSPS) is 10.6. The van der Waals surface area contributed by atoms with Gasteiger partial charge in [-0.15, -0.1) is 0 Å². The van der Waals surface area contributed by atoms with E-state index in [-0.39, 0.29) is 0 Å². The van der Waals surface area contributed by atoms with Crippen molar-refractivity contribution >= 4 is 9.28 Å². The fourth-order valence-electron chi connectivity index (χ4n) is 1.13. The predicted molar refractivity (Wildman–Crippen MR) is 51.2 cm³/mol. The third kappa shape index (κ3) is 3.66. The first-order chi connectivity index (χ1) is 5.79. The second kappa shape index (κ2) is 5.08. The molecule has 1 aromatic carbocycles. The molecule has 0 unspecified atom stereocenters. The lowest BCUT2D eigenvalue weighted by atomic mass is 10.1. The van der Waals surface area contributed by atoms with Gasteiger partial charge < -0.3 is 9.59 Å². The highest BCUT2D eigenvalue weighted by Crippen LogP contribution is 2.04. The summed E-state index contributed by atoms with van der Waals surface area (Å²) in [5, 5.41) is 0. The highest BCUT2D eigenvalue weighted by Gasteiger charge is 2.00. The topological polar surface area (TPSA) is 40.5 Å². The van der Waals surface area contributed by atoms with Gasteiger partial charge in [-0.2, -0.15) is 0 Å². The molecule has 0 radical (unpaired) electrons. The van der Waals surface area contributed by atoms with Crippen LogP contribution in [-0.2, 0) is 6.42 Å². The van der Waals surface area contributed by atoms with Gasteiger partial charge in [-0.1, -0.05) is 30.3 Å². The zero-order chi connectivity index (χ0) is 8.81. The summed E-state index contributed by atoms with van der Waals surface area (Å²) in [5.74, 6) is 0. The first-order valence-corrected chi connectivity index (χ1v) is 6.04. The van der Waals surface area contributed by atoms with Crippen molar-refractivity contribution in [1.82, 2.24) is 0 Å². The van der Waals surface area contributed by atoms with Gasteiger partial charge in [0.1, 0.15) is 0 Å². The summed E-state index contributed by atoms with van der Waals surface area (Å²) in [6, 6.07) is 10.7. The first kappa shape index (κ1) is 9.44. The van der Waals surface area contributed by atoms with Gasteiger partial charge in [0.05, 0.1) is 0 Å². The Morgan fingerprint density at radius 1 is 1.08 bits per heavy atom. The maximum atomic E-state index is 8.72. The van der Waals surface area contributed by atoms with Crippen molar-refractivity contribution in [3.8, 4) is 0 Å². The van der Waals surface area contributed by atoms with E-state index in [0.717, 1.165) is 12.8 Å². The second-order valence-electron chi connectivity index (χ2n) is 2.86. The molecule has 0 aromatic heterocycles. The molecule has 0 aliphatic carbocycles. The van der Waals surface area contributed by atoms with Crippen molar-refractivity contribution in [3.05, 3.63) is 35.9 Å². The smallest absolute Gasteiger partial charge is 0.316 e. The molecule has 0 saturated carbocycles. The average molecular weight is 182 g/mol. The molecule has 2 nitrogen and oxygen atoms in total. The van der Waals surface area contributed by atoms with Gasteiger partial charge in [0.15, 0.2) is 0 Å². The van der Waals surface area contributed by atoms with Crippen LogP contribution in [0.2, 0.25) is 6.04 Å². The van der Waals surface area contributed by atoms with Gasteiger partial charge in [0.2, 0.25) is 0 Å². The molecule has 0 bridgehead atoms. The SMILES string of the molecule is O[SiH](O)CCCc1ccccc1. The molecule has 0 aliphatic rings. The molecule has 0 atom stereocenters. The molecular formula is C9H14O2Si. The summed E-state index contributed by atoms with van der Waals surface area (Å²) >= 11 is 0. The standard InChI is InChI=1S/C9H14O2Si/c10-12(11)8-4-7-9-5-2-1-3-6-9/h1-3,5-6,10-12H,4,7-8H2. The Morgan fingerprint density at radius 3 is 2.33 bits per heavy atom. The first-order valence-electron chi connectivity index (χ1n) is 4.19. The summed E-state index contributed by atoms with van der Waals surface area (Å²) in [6.07, 6.45) is 1.83. The van der Waals surface area contributed by atoms with Gasteiger partial charge in [-0.25, -0.2) is 0 Å². The van der Waals surface area contributed by atoms with Crippen LogP contribution in [0.15, 0.2) is 30.3 Å². The van der Waals surface area contributed by atoms with Gasteiger partial charge >= 0.3 is 9.28 Å². The van der Waals surface area contributed by atoms with E-state index in [1.54, 1.807) is 0 Å². The van der Waals surface area contributed by atoms with Crippen molar-refractivity contribution < 1.29 is 9.59 Å². The van der Waals surface area contributed by atoms with E-state index >= 15 is 0 Å². The third-order valence-electron chi connectivity index (χ3n) is 1.77. The quantitative estimate of drug-likeness (QED) is 0.677. The summed E-state index contributed by atoms with van der Waals surface area (Å²) in [4.78, 5) is 17.4. The Labute approximate surface area is 74.3 Å². The minimum Gasteiger partial charge on any atom is -0.413 e. The highest BCUT2D eigenvalue weighted by molar-refractivity contribution is 6.40. The van der Waals surface area contributed by atoms with Gasteiger partial charge in [0.25, 0.3) is 0 Å². The van der Waals surface area contributed by atoms with E-state index in [1.165, 1.54) is 5.56 Å². The van der Waals surface area contributed by atoms with Crippen LogP contribution in [0.3, 0.4) is 0 Å². The maximum absolute atomic E-state index is 8.72. The van der Waals surface area contributed by atoms with Crippen LogP contribution in [0.4, 0.5) is 0 Å². The molecule has 66 valence electrons. The van der Waals surface area contributed by atoms with Crippen molar-refractivity contribution in [2.75, 3.05) is 0 Å². The fraction of sp³-hybridized carbons (Fsp3) is 0.333. The molecule has 1 rings (SSSR count). The highest BCUT2D eigenvalue weighted by atomic mass is 28.3. The van der Waals surface area contributed by atoms with Crippen LogP contribution in [0.25, 0.3) is 0 Å². The molecule has 3 heteroatoms. The van der Waals surface area contributed by atoms with E-state index in [9.17, 15) is 0 Å². The summed E-state index contributed by atoms with van der Waals surface area (Å²) in [7, 11) is -2.31. The molecule has 0 spiro atoms. The lowest BCUT2D eigenvalue weighted by Crippen LogP contribution is -2.09. The van der Waals surface area contributed by atoms with Gasteiger partial charge in [-0.05, 0) is 24.4 Å². The van der Waals surface area contributed by atoms with E-state index in [0.29, 0.717) is 6.04 Å². The van der Waals surface area contributed by atoms with E-state index < -0.39 is 9.28 Å². The van der Waals surface area contributed by atoms with Crippen LogP contribution in [0, 0.1) is 0 Å². The fourth-order valence-corrected chi connectivity index (χ4v) is 1.70. The van der Waals surface area contributed by atoms with E-state index in [1.807, 2.05) is 18.2 Å². The molecular weight excluding hydrogens is 168 g/mol. The van der Waals surface area contributed by atoms with Crippen LogP contribution in [0.1, 0.15) is 12.0 Å². The molecule has 12 heavy (non-hydrogen) atoms. The Kier molecular flexibility index (Phi) is 4.00. The molecule has 0 aliphatic heterocycles. The minimum absolute atomic E-state index is 0.592. The average Bonchev–Trinajstić information content (AvgIpc) is 2.05. The van der Waals surface area contributed by atoms with Crippen LogP contribution < -0.4 is 0 Å². The summed E-state index contributed by atoms with van der Waals surface area (Å²) < 4.78 is 0. The molecule has 0 amide bonds. The molecule has 2 N–H and O–H groups in total. The maximum Gasteiger partial charge on any atom is 0.316 e. The largest absolute Gasteiger partial charge is 0.413 e. The van der Waals surface area contributed by atoms with Crippen LogP contribution in [0.5, 0.6) is 0 Å². The van der Waals surface area contributed by atoms with Crippen LogP contribution in [-0.4, -0.2) is 18.9 Å². The minimum atomic E-state index is -2.31. The number of benzene rings is 1. The van der Waals surface area contributed by atoms with E-state index in [2.05, 4.69) is 12.1 Å². The lowest BCUT2D eigenvalue weighted by molar-refractivity contribution is 0.403.